The molecule has 7 heteroatoms. The van der Waals surface area contributed by atoms with E-state index < -0.39 is 18.5 Å². The number of halogens is 1. The Morgan fingerprint density at radius 1 is 1.38 bits per heavy atom. The predicted octanol–water partition coefficient (Wildman–Crippen LogP) is 0.728. The summed E-state index contributed by atoms with van der Waals surface area (Å²) < 4.78 is 0.817. The van der Waals surface area contributed by atoms with Gasteiger partial charge in [-0.05, 0) is 27.6 Å². The van der Waals surface area contributed by atoms with E-state index in [4.69, 9.17) is 5.11 Å². The minimum absolute atomic E-state index is 0.290. The van der Waals surface area contributed by atoms with E-state index in [1.54, 1.807) is 12.4 Å². The van der Waals surface area contributed by atoms with Crippen LogP contribution in [0.3, 0.4) is 0 Å². The van der Waals surface area contributed by atoms with Gasteiger partial charge in [-0.1, -0.05) is 0 Å². The summed E-state index contributed by atoms with van der Waals surface area (Å²) >= 11 is 3.25. The summed E-state index contributed by atoms with van der Waals surface area (Å²) in [6, 6.07) is 1.28. The molecule has 0 fully saturated rings. The van der Waals surface area contributed by atoms with E-state index in [0.29, 0.717) is 0 Å². The first-order valence-corrected chi connectivity index (χ1v) is 5.20. The highest BCUT2D eigenvalue weighted by Gasteiger charge is 2.03. The van der Waals surface area contributed by atoms with Gasteiger partial charge in [0, 0.05) is 23.4 Å². The minimum atomic E-state index is -1.08. The van der Waals surface area contributed by atoms with Crippen molar-refractivity contribution >= 4 is 27.9 Å². The summed E-state index contributed by atoms with van der Waals surface area (Å²) in [5, 5.41) is 13.0. The second-order valence-corrected chi connectivity index (χ2v) is 3.86. The number of amides is 2. The van der Waals surface area contributed by atoms with Gasteiger partial charge in [-0.2, -0.15) is 0 Å². The van der Waals surface area contributed by atoms with E-state index >= 15 is 0 Å². The number of aliphatic carboxylic acids is 1. The van der Waals surface area contributed by atoms with Gasteiger partial charge in [0.05, 0.1) is 0 Å². The summed E-state index contributed by atoms with van der Waals surface area (Å²) in [4.78, 5) is 25.2. The number of carboxylic acids is 1. The van der Waals surface area contributed by atoms with Crippen molar-refractivity contribution in [3.05, 3.63) is 28.5 Å². The molecule has 0 spiro atoms. The molecule has 0 unspecified atom stereocenters. The van der Waals surface area contributed by atoms with Gasteiger partial charge in [-0.25, -0.2) is 4.79 Å². The van der Waals surface area contributed by atoms with E-state index in [9.17, 15) is 9.59 Å². The number of nitrogens with zero attached hydrogens (tertiary/aromatic N) is 1. The van der Waals surface area contributed by atoms with Gasteiger partial charge in [-0.15, -0.1) is 0 Å². The average molecular weight is 288 g/mol. The molecule has 0 saturated heterocycles. The Morgan fingerprint density at radius 3 is 2.75 bits per heavy atom. The number of hydrogen-bond donors (Lipinski definition) is 3. The number of rotatable bonds is 4. The first kappa shape index (κ1) is 12.4. The smallest absolute Gasteiger partial charge is 0.323 e. The van der Waals surface area contributed by atoms with Crippen molar-refractivity contribution in [2.75, 3.05) is 6.54 Å². The van der Waals surface area contributed by atoms with Gasteiger partial charge in [0.2, 0.25) is 0 Å². The van der Waals surface area contributed by atoms with Crippen molar-refractivity contribution in [3.63, 3.8) is 0 Å². The molecule has 0 aliphatic heterocycles. The third-order valence-corrected chi connectivity index (χ3v) is 2.05. The van der Waals surface area contributed by atoms with E-state index in [1.807, 2.05) is 6.07 Å². The van der Waals surface area contributed by atoms with Gasteiger partial charge in [0.25, 0.3) is 0 Å². The van der Waals surface area contributed by atoms with Crippen LogP contribution in [0.1, 0.15) is 5.56 Å². The summed E-state index contributed by atoms with van der Waals surface area (Å²) in [7, 11) is 0. The van der Waals surface area contributed by atoms with Crippen LogP contribution in [-0.4, -0.2) is 28.6 Å². The molecule has 2 amide bonds. The third kappa shape index (κ3) is 4.74. The molecule has 1 aromatic heterocycles. The molecule has 0 aromatic carbocycles. The van der Waals surface area contributed by atoms with Crippen molar-refractivity contribution in [2.45, 2.75) is 6.54 Å². The zero-order valence-electron chi connectivity index (χ0n) is 8.24. The maximum Gasteiger partial charge on any atom is 0.323 e. The third-order valence-electron chi connectivity index (χ3n) is 1.61. The molecule has 0 bridgehead atoms. The first-order chi connectivity index (χ1) is 7.58. The van der Waals surface area contributed by atoms with Crippen LogP contribution in [0.15, 0.2) is 22.9 Å². The highest BCUT2D eigenvalue weighted by molar-refractivity contribution is 9.10. The molecule has 1 aromatic rings. The summed E-state index contributed by atoms with van der Waals surface area (Å²) in [5.41, 5.74) is 0.819. The monoisotopic (exact) mass is 287 g/mol. The fourth-order valence-corrected chi connectivity index (χ4v) is 1.37. The van der Waals surface area contributed by atoms with Crippen LogP contribution in [0.2, 0.25) is 0 Å². The van der Waals surface area contributed by atoms with Crippen LogP contribution in [-0.2, 0) is 11.3 Å². The molecule has 0 aliphatic rings. The molecule has 6 nitrogen and oxygen atoms in total. The lowest BCUT2D eigenvalue weighted by atomic mass is 10.3. The molecule has 0 atom stereocenters. The van der Waals surface area contributed by atoms with Crippen molar-refractivity contribution in [3.8, 4) is 0 Å². The van der Waals surface area contributed by atoms with Crippen LogP contribution in [0, 0.1) is 0 Å². The predicted molar refractivity (Wildman–Crippen MR) is 59.8 cm³/mol. The fraction of sp³-hybridized carbons (Fsp3) is 0.222. The number of urea groups is 1. The van der Waals surface area contributed by atoms with Crippen LogP contribution >= 0.6 is 15.9 Å². The topological polar surface area (TPSA) is 91.3 Å². The van der Waals surface area contributed by atoms with Gasteiger partial charge >= 0.3 is 12.0 Å². The standard InChI is InChI=1S/C9H10BrN3O3/c10-7-1-6(2-11-4-7)3-12-9(16)13-5-8(14)15/h1-2,4H,3,5H2,(H,14,15)(H2,12,13,16). The molecule has 1 rings (SSSR count). The van der Waals surface area contributed by atoms with Crippen molar-refractivity contribution in [1.29, 1.82) is 0 Å². The van der Waals surface area contributed by atoms with Gasteiger partial charge in [0.1, 0.15) is 6.54 Å². The zero-order chi connectivity index (χ0) is 12.0. The molecule has 1 heterocycles. The fourth-order valence-electron chi connectivity index (χ4n) is 0.953. The highest BCUT2D eigenvalue weighted by atomic mass is 79.9. The zero-order valence-corrected chi connectivity index (χ0v) is 9.82. The Kier molecular flexibility index (Phi) is 4.71. The number of pyridine rings is 1. The molecule has 0 saturated carbocycles. The Balaban J connectivity index is 2.34. The Morgan fingerprint density at radius 2 is 2.12 bits per heavy atom. The average Bonchev–Trinajstić information content (AvgIpc) is 2.23. The number of nitrogens with one attached hydrogen (secondary N) is 2. The van der Waals surface area contributed by atoms with Gasteiger partial charge in [-0.3, -0.25) is 9.78 Å². The quantitative estimate of drug-likeness (QED) is 0.761. The Bertz CT molecular complexity index is 397. The molecule has 0 radical (unpaired) electrons. The van der Waals surface area contributed by atoms with Gasteiger partial charge < -0.3 is 15.7 Å². The van der Waals surface area contributed by atoms with E-state index in [-0.39, 0.29) is 6.54 Å². The SMILES string of the molecule is O=C(O)CNC(=O)NCc1cncc(Br)c1. The van der Waals surface area contributed by atoms with Crippen molar-refractivity contribution in [2.24, 2.45) is 0 Å². The second kappa shape index (κ2) is 6.06. The highest BCUT2D eigenvalue weighted by Crippen LogP contribution is 2.08. The lowest BCUT2D eigenvalue weighted by Gasteiger charge is -2.05. The Hall–Kier alpha value is -1.63. The van der Waals surface area contributed by atoms with Crippen LogP contribution in [0.4, 0.5) is 4.79 Å². The number of carbonyl (C=O) groups is 2. The normalized spacial score (nSPS) is 9.56. The molecule has 3 N–H and O–H groups in total. The molecular formula is C9H10BrN3O3. The van der Waals surface area contributed by atoms with E-state index in [2.05, 4.69) is 31.5 Å². The number of carboxylic acid groups (broad SMARTS) is 1. The van der Waals surface area contributed by atoms with Gasteiger partial charge in [0.15, 0.2) is 0 Å². The molecular weight excluding hydrogens is 278 g/mol. The summed E-state index contributed by atoms with van der Waals surface area (Å²) in [6.07, 6.45) is 3.25. The first-order valence-electron chi connectivity index (χ1n) is 4.41. The molecule has 16 heavy (non-hydrogen) atoms. The Labute approximate surface area is 100 Å². The maximum absolute atomic E-state index is 11.1. The maximum atomic E-state index is 11.1. The van der Waals surface area contributed by atoms with Crippen LogP contribution < -0.4 is 10.6 Å². The van der Waals surface area contributed by atoms with Crippen molar-refractivity contribution < 1.29 is 14.7 Å². The summed E-state index contributed by atoms with van der Waals surface area (Å²) in [5.74, 6) is -1.08. The second-order valence-electron chi connectivity index (χ2n) is 2.94. The largest absolute Gasteiger partial charge is 0.480 e. The van der Waals surface area contributed by atoms with Crippen LogP contribution in [0.5, 0.6) is 0 Å². The van der Waals surface area contributed by atoms with E-state index in [1.165, 1.54) is 0 Å². The lowest BCUT2D eigenvalue weighted by molar-refractivity contribution is -0.135. The number of hydrogen-bond acceptors (Lipinski definition) is 3. The number of aromatic nitrogens is 1. The molecule has 86 valence electrons. The minimum Gasteiger partial charge on any atom is -0.480 e. The van der Waals surface area contributed by atoms with E-state index in [0.717, 1.165) is 10.0 Å². The summed E-state index contributed by atoms with van der Waals surface area (Å²) in [6.45, 7) is -0.111. The number of carbonyl (C=O) groups excluding carboxylic acids is 1. The van der Waals surface area contributed by atoms with Crippen LogP contribution in [0.25, 0.3) is 0 Å². The van der Waals surface area contributed by atoms with Crippen molar-refractivity contribution in [1.82, 2.24) is 15.6 Å². The lowest BCUT2D eigenvalue weighted by Crippen LogP contribution is -2.38. The molecule has 0 aliphatic carbocycles.